The zero-order valence-corrected chi connectivity index (χ0v) is 11.7. The highest BCUT2D eigenvalue weighted by atomic mass is 16.5. The fraction of sp³-hybridized carbons (Fsp3) is 0.562. The normalized spacial score (nSPS) is 10.4. The fourth-order valence-electron chi connectivity index (χ4n) is 1.98. The largest absolute Gasteiger partial charge is 0.493 e. The maximum Gasteiger partial charge on any atom is 0.303 e. The van der Waals surface area contributed by atoms with E-state index in [1.54, 1.807) is 0 Å². The van der Waals surface area contributed by atoms with Crippen LogP contribution in [0.3, 0.4) is 0 Å². The molecule has 0 heterocycles. The van der Waals surface area contributed by atoms with Gasteiger partial charge in [-0.1, -0.05) is 50.8 Å². The molecule has 0 bridgehead atoms. The van der Waals surface area contributed by atoms with Crippen LogP contribution in [0.15, 0.2) is 24.3 Å². The molecule has 1 N–H and O–H groups in total. The molecule has 0 spiro atoms. The van der Waals surface area contributed by atoms with Crippen molar-refractivity contribution >= 4 is 5.97 Å². The first-order valence-corrected chi connectivity index (χ1v) is 7.16. The zero-order chi connectivity index (χ0) is 13.9. The van der Waals surface area contributed by atoms with Crippen molar-refractivity contribution in [2.24, 2.45) is 0 Å². The van der Waals surface area contributed by atoms with Crippen LogP contribution >= 0.6 is 0 Å². The van der Waals surface area contributed by atoms with E-state index in [4.69, 9.17) is 9.84 Å². The number of benzene rings is 1. The maximum atomic E-state index is 10.6. The topological polar surface area (TPSA) is 46.5 Å². The lowest BCUT2D eigenvalue weighted by atomic mass is 10.1. The Labute approximate surface area is 115 Å². The molecule has 0 radical (unpaired) electrons. The molecule has 3 heteroatoms. The van der Waals surface area contributed by atoms with Crippen LogP contribution in [-0.4, -0.2) is 17.7 Å². The first kappa shape index (κ1) is 15.5. The number of carboxylic acids is 1. The summed E-state index contributed by atoms with van der Waals surface area (Å²) in [6.45, 7) is 2.92. The van der Waals surface area contributed by atoms with E-state index in [1.165, 1.54) is 25.7 Å². The Morgan fingerprint density at radius 1 is 1.16 bits per heavy atom. The van der Waals surface area contributed by atoms with Crippen LogP contribution in [0.25, 0.3) is 0 Å². The van der Waals surface area contributed by atoms with Crippen molar-refractivity contribution < 1.29 is 14.6 Å². The molecular weight excluding hydrogens is 240 g/mol. The van der Waals surface area contributed by atoms with E-state index < -0.39 is 5.97 Å². The van der Waals surface area contributed by atoms with Gasteiger partial charge in [0.25, 0.3) is 0 Å². The summed E-state index contributed by atoms with van der Waals surface area (Å²) in [7, 11) is 0. The van der Waals surface area contributed by atoms with E-state index in [9.17, 15) is 4.79 Å². The third kappa shape index (κ3) is 6.85. The predicted octanol–water partition coefficient (Wildman–Crippen LogP) is 4.05. The summed E-state index contributed by atoms with van der Waals surface area (Å²) in [5.41, 5.74) is 0.985. The Bertz CT molecular complexity index is 374. The molecule has 19 heavy (non-hydrogen) atoms. The van der Waals surface area contributed by atoms with Crippen LogP contribution in [0.1, 0.15) is 51.0 Å². The average molecular weight is 264 g/mol. The summed E-state index contributed by atoms with van der Waals surface area (Å²) in [4.78, 5) is 10.6. The van der Waals surface area contributed by atoms with Crippen molar-refractivity contribution in [1.82, 2.24) is 0 Å². The molecule has 1 aromatic rings. The molecule has 1 rings (SSSR count). The van der Waals surface area contributed by atoms with Crippen LogP contribution < -0.4 is 4.74 Å². The van der Waals surface area contributed by atoms with Gasteiger partial charge in [0.2, 0.25) is 0 Å². The van der Waals surface area contributed by atoms with Crippen LogP contribution in [-0.2, 0) is 11.2 Å². The standard InChI is InChI=1S/C16H24O3/c1-2-3-4-5-8-13-19-15-10-7-6-9-14(15)11-12-16(17)18/h6-7,9-10H,2-5,8,11-13H2,1H3,(H,17,18). The second-order valence-corrected chi connectivity index (χ2v) is 4.76. The summed E-state index contributed by atoms with van der Waals surface area (Å²) in [6.07, 6.45) is 6.74. The number of carboxylic acid groups (broad SMARTS) is 1. The summed E-state index contributed by atoms with van der Waals surface area (Å²) in [6, 6.07) is 7.71. The van der Waals surface area contributed by atoms with E-state index in [0.717, 1.165) is 17.7 Å². The lowest BCUT2D eigenvalue weighted by Crippen LogP contribution is -2.02. The number of aryl methyl sites for hydroxylation is 1. The van der Waals surface area contributed by atoms with Crippen molar-refractivity contribution in [1.29, 1.82) is 0 Å². The minimum Gasteiger partial charge on any atom is -0.493 e. The molecule has 0 saturated carbocycles. The molecule has 0 unspecified atom stereocenters. The number of carbonyl (C=O) groups is 1. The third-order valence-corrected chi connectivity index (χ3v) is 3.09. The molecule has 0 aromatic heterocycles. The van der Waals surface area contributed by atoms with Gasteiger partial charge in [-0.2, -0.15) is 0 Å². The van der Waals surface area contributed by atoms with Gasteiger partial charge < -0.3 is 9.84 Å². The monoisotopic (exact) mass is 264 g/mol. The number of hydrogen-bond donors (Lipinski definition) is 1. The van der Waals surface area contributed by atoms with Crippen molar-refractivity contribution in [3.05, 3.63) is 29.8 Å². The van der Waals surface area contributed by atoms with Crippen LogP contribution in [0.2, 0.25) is 0 Å². The third-order valence-electron chi connectivity index (χ3n) is 3.09. The van der Waals surface area contributed by atoms with Gasteiger partial charge in [0.05, 0.1) is 6.61 Å². The summed E-state index contributed by atoms with van der Waals surface area (Å²) in [5, 5.41) is 8.72. The van der Waals surface area contributed by atoms with Crippen LogP contribution in [0.4, 0.5) is 0 Å². The molecule has 3 nitrogen and oxygen atoms in total. The summed E-state index contributed by atoms with van der Waals surface area (Å²) < 4.78 is 5.76. The number of para-hydroxylation sites is 1. The van der Waals surface area contributed by atoms with Gasteiger partial charge in [0, 0.05) is 6.42 Å². The maximum absolute atomic E-state index is 10.6. The molecule has 1 aromatic carbocycles. The minimum atomic E-state index is -0.769. The minimum absolute atomic E-state index is 0.150. The SMILES string of the molecule is CCCCCCCOc1ccccc1CCC(=O)O. The quantitative estimate of drug-likeness (QED) is 0.648. The van der Waals surface area contributed by atoms with Crippen molar-refractivity contribution in [2.75, 3.05) is 6.61 Å². The highest BCUT2D eigenvalue weighted by Gasteiger charge is 2.05. The molecule has 0 amide bonds. The van der Waals surface area contributed by atoms with Gasteiger partial charge in [0.1, 0.15) is 5.75 Å². The van der Waals surface area contributed by atoms with E-state index in [1.807, 2.05) is 24.3 Å². The van der Waals surface area contributed by atoms with Crippen molar-refractivity contribution in [2.45, 2.75) is 51.9 Å². The number of ether oxygens (including phenoxy) is 1. The Morgan fingerprint density at radius 3 is 2.63 bits per heavy atom. The summed E-state index contributed by atoms with van der Waals surface area (Å²) in [5.74, 6) is 0.0635. The average Bonchev–Trinajstić information content (AvgIpc) is 2.41. The van der Waals surface area contributed by atoms with Gasteiger partial charge in [-0.05, 0) is 24.5 Å². The smallest absolute Gasteiger partial charge is 0.303 e. The highest BCUT2D eigenvalue weighted by molar-refractivity contribution is 5.67. The number of unbranched alkanes of at least 4 members (excludes halogenated alkanes) is 4. The molecule has 0 atom stereocenters. The molecule has 0 aliphatic heterocycles. The first-order valence-electron chi connectivity index (χ1n) is 7.16. The van der Waals surface area contributed by atoms with Gasteiger partial charge in [-0.15, -0.1) is 0 Å². The second-order valence-electron chi connectivity index (χ2n) is 4.76. The Hall–Kier alpha value is -1.51. The fourth-order valence-corrected chi connectivity index (χ4v) is 1.98. The molecule has 0 saturated heterocycles. The van der Waals surface area contributed by atoms with Crippen molar-refractivity contribution in [3.8, 4) is 5.75 Å². The van der Waals surface area contributed by atoms with Gasteiger partial charge in [-0.25, -0.2) is 0 Å². The number of aliphatic carboxylic acids is 1. The predicted molar refractivity (Wildman–Crippen MR) is 76.7 cm³/mol. The molecule has 106 valence electrons. The first-order chi connectivity index (χ1) is 9.24. The molecule has 0 aliphatic carbocycles. The van der Waals surface area contributed by atoms with Crippen LogP contribution in [0.5, 0.6) is 5.75 Å². The molecular formula is C16H24O3. The Kier molecular flexibility index (Phi) is 7.71. The Morgan fingerprint density at radius 2 is 1.89 bits per heavy atom. The van der Waals surface area contributed by atoms with Gasteiger partial charge in [0.15, 0.2) is 0 Å². The van der Waals surface area contributed by atoms with Gasteiger partial charge in [-0.3, -0.25) is 4.79 Å². The van der Waals surface area contributed by atoms with Crippen LogP contribution in [0, 0.1) is 0 Å². The Balaban J connectivity index is 2.33. The van der Waals surface area contributed by atoms with E-state index in [0.29, 0.717) is 13.0 Å². The summed E-state index contributed by atoms with van der Waals surface area (Å²) >= 11 is 0. The molecule has 0 aliphatic rings. The second kappa shape index (κ2) is 9.42. The van der Waals surface area contributed by atoms with E-state index in [-0.39, 0.29) is 6.42 Å². The zero-order valence-electron chi connectivity index (χ0n) is 11.7. The number of rotatable bonds is 10. The number of hydrogen-bond acceptors (Lipinski definition) is 2. The lowest BCUT2D eigenvalue weighted by molar-refractivity contribution is -0.136. The van der Waals surface area contributed by atoms with Crippen molar-refractivity contribution in [3.63, 3.8) is 0 Å². The molecule has 0 fully saturated rings. The van der Waals surface area contributed by atoms with Gasteiger partial charge >= 0.3 is 5.97 Å². The highest BCUT2D eigenvalue weighted by Crippen LogP contribution is 2.20. The lowest BCUT2D eigenvalue weighted by Gasteiger charge is -2.10. The van der Waals surface area contributed by atoms with E-state index >= 15 is 0 Å². The van der Waals surface area contributed by atoms with E-state index in [2.05, 4.69) is 6.92 Å².